The van der Waals surface area contributed by atoms with Crippen LogP contribution in [-0.4, -0.2) is 32.4 Å². The van der Waals surface area contributed by atoms with E-state index in [1.807, 2.05) is 0 Å². The first-order valence-corrected chi connectivity index (χ1v) is 8.14. The van der Waals surface area contributed by atoms with Gasteiger partial charge in [0, 0.05) is 6.08 Å². The molecule has 21 heavy (non-hydrogen) atoms. The third-order valence-electron chi connectivity index (χ3n) is 3.06. The van der Waals surface area contributed by atoms with Crippen LogP contribution in [0.5, 0.6) is 5.75 Å². The molecule has 0 heterocycles. The van der Waals surface area contributed by atoms with E-state index in [-0.39, 0.29) is 11.7 Å². The Hall–Kier alpha value is -2.02. The van der Waals surface area contributed by atoms with Gasteiger partial charge in [-0.25, -0.2) is 13.2 Å². The van der Waals surface area contributed by atoms with E-state index in [1.165, 1.54) is 13.2 Å². The van der Waals surface area contributed by atoms with Crippen LogP contribution in [0.2, 0.25) is 0 Å². The first-order valence-electron chi connectivity index (χ1n) is 6.49. The molecule has 2 rings (SSSR count). The third kappa shape index (κ3) is 4.78. The molecule has 1 aliphatic rings. The molecular weight excluding hydrogens is 294 g/mol. The highest BCUT2D eigenvalue weighted by Gasteiger charge is 2.28. The second kappa shape index (κ2) is 6.17. The van der Waals surface area contributed by atoms with E-state index in [1.54, 1.807) is 18.2 Å². The van der Waals surface area contributed by atoms with Crippen molar-refractivity contribution in [2.75, 3.05) is 17.6 Å². The Morgan fingerprint density at radius 2 is 2.19 bits per heavy atom. The van der Waals surface area contributed by atoms with Gasteiger partial charge in [-0.2, -0.15) is 0 Å². The largest absolute Gasteiger partial charge is 0.495 e. The van der Waals surface area contributed by atoms with Crippen LogP contribution in [0.4, 0.5) is 5.69 Å². The fourth-order valence-corrected chi connectivity index (χ4v) is 3.41. The Morgan fingerprint density at radius 1 is 1.48 bits per heavy atom. The van der Waals surface area contributed by atoms with Crippen LogP contribution in [0.15, 0.2) is 24.3 Å². The van der Waals surface area contributed by atoms with Crippen molar-refractivity contribution >= 4 is 27.8 Å². The normalized spacial score (nSPS) is 15.1. The van der Waals surface area contributed by atoms with Crippen molar-refractivity contribution in [2.24, 2.45) is 5.92 Å². The predicted molar refractivity (Wildman–Crippen MR) is 79.8 cm³/mol. The van der Waals surface area contributed by atoms with Crippen molar-refractivity contribution in [3.05, 3.63) is 29.8 Å². The lowest BCUT2D eigenvalue weighted by atomic mass is 10.2. The smallest absolute Gasteiger partial charge is 0.328 e. The van der Waals surface area contributed by atoms with E-state index in [4.69, 9.17) is 9.84 Å². The van der Waals surface area contributed by atoms with Crippen LogP contribution < -0.4 is 9.46 Å². The highest BCUT2D eigenvalue weighted by Crippen LogP contribution is 2.32. The second-order valence-corrected chi connectivity index (χ2v) is 6.73. The minimum absolute atomic E-state index is 0.103. The standard InChI is InChI=1S/C14H17NO5S/c1-20-13-6-4-10(5-7-14(16)17)8-12(13)15-21(18,19)9-11-2-3-11/h4-8,11,15H,2-3,9H2,1H3,(H,16,17). The quantitative estimate of drug-likeness (QED) is 0.751. The van der Waals surface area contributed by atoms with E-state index in [9.17, 15) is 13.2 Å². The first-order chi connectivity index (χ1) is 9.89. The van der Waals surface area contributed by atoms with Gasteiger partial charge in [0.05, 0.1) is 18.6 Å². The fourth-order valence-electron chi connectivity index (χ4n) is 1.88. The summed E-state index contributed by atoms with van der Waals surface area (Å²) in [6.07, 6.45) is 4.27. The van der Waals surface area contributed by atoms with Crippen molar-refractivity contribution in [3.63, 3.8) is 0 Å². The molecule has 0 saturated heterocycles. The highest BCUT2D eigenvalue weighted by atomic mass is 32.2. The van der Waals surface area contributed by atoms with Crippen LogP contribution in [0, 0.1) is 5.92 Å². The molecule has 0 bridgehead atoms. The summed E-state index contributed by atoms with van der Waals surface area (Å²) in [6.45, 7) is 0. The lowest BCUT2D eigenvalue weighted by molar-refractivity contribution is -0.131. The molecule has 114 valence electrons. The maximum atomic E-state index is 12.0. The summed E-state index contributed by atoms with van der Waals surface area (Å²) in [6, 6.07) is 4.79. The zero-order valence-corrected chi connectivity index (χ0v) is 12.4. The number of hydrogen-bond donors (Lipinski definition) is 2. The van der Waals surface area contributed by atoms with Gasteiger partial charge in [-0.3, -0.25) is 4.72 Å². The lowest BCUT2D eigenvalue weighted by Crippen LogP contribution is -2.18. The number of sulfonamides is 1. The predicted octanol–water partition coefficient (Wildman–Crippen LogP) is 1.94. The molecule has 6 nitrogen and oxygen atoms in total. The Morgan fingerprint density at radius 3 is 2.76 bits per heavy atom. The summed E-state index contributed by atoms with van der Waals surface area (Å²) >= 11 is 0. The molecule has 0 unspecified atom stereocenters. The molecule has 1 aliphatic carbocycles. The van der Waals surface area contributed by atoms with Gasteiger partial charge in [0.1, 0.15) is 5.75 Å². The number of carboxylic acids is 1. The van der Waals surface area contributed by atoms with Crippen molar-refractivity contribution < 1.29 is 23.1 Å². The van der Waals surface area contributed by atoms with E-state index < -0.39 is 16.0 Å². The van der Waals surface area contributed by atoms with Gasteiger partial charge in [0.15, 0.2) is 0 Å². The van der Waals surface area contributed by atoms with Gasteiger partial charge in [-0.15, -0.1) is 0 Å². The molecule has 7 heteroatoms. The Labute approximate surface area is 123 Å². The number of carboxylic acid groups (broad SMARTS) is 1. The third-order valence-corrected chi connectivity index (χ3v) is 4.50. The van der Waals surface area contributed by atoms with Crippen LogP contribution in [0.3, 0.4) is 0 Å². The van der Waals surface area contributed by atoms with Gasteiger partial charge < -0.3 is 9.84 Å². The summed E-state index contributed by atoms with van der Waals surface area (Å²) in [4.78, 5) is 10.5. The number of ether oxygens (including phenoxy) is 1. The second-order valence-electron chi connectivity index (χ2n) is 4.96. The number of benzene rings is 1. The summed E-state index contributed by atoms with van der Waals surface area (Å²) in [5.74, 6) is -0.335. The molecule has 0 aromatic heterocycles. The summed E-state index contributed by atoms with van der Waals surface area (Å²) < 4.78 is 31.7. The minimum Gasteiger partial charge on any atom is -0.495 e. The highest BCUT2D eigenvalue weighted by molar-refractivity contribution is 7.92. The molecule has 1 saturated carbocycles. The van der Waals surface area contributed by atoms with Gasteiger partial charge in [0.2, 0.25) is 10.0 Å². The van der Waals surface area contributed by atoms with Crippen LogP contribution in [-0.2, 0) is 14.8 Å². The molecular formula is C14H17NO5S. The minimum atomic E-state index is -3.42. The van der Waals surface area contributed by atoms with E-state index in [2.05, 4.69) is 4.72 Å². The van der Waals surface area contributed by atoms with E-state index in [0.29, 0.717) is 17.0 Å². The monoisotopic (exact) mass is 311 g/mol. The van der Waals surface area contributed by atoms with Gasteiger partial charge in [0.25, 0.3) is 0 Å². The molecule has 0 atom stereocenters. The summed E-state index contributed by atoms with van der Waals surface area (Å²) in [7, 11) is -1.98. The maximum Gasteiger partial charge on any atom is 0.328 e. The van der Waals surface area contributed by atoms with Crippen molar-refractivity contribution in [1.29, 1.82) is 0 Å². The average molecular weight is 311 g/mol. The molecule has 0 radical (unpaired) electrons. The molecule has 1 aromatic rings. The molecule has 0 spiro atoms. The van der Waals surface area contributed by atoms with E-state index >= 15 is 0 Å². The number of aliphatic carboxylic acids is 1. The summed E-state index contributed by atoms with van der Waals surface area (Å²) in [5, 5.41) is 8.61. The number of carbonyl (C=O) groups is 1. The maximum absolute atomic E-state index is 12.0. The van der Waals surface area contributed by atoms with Crippen molar-refractivity contribution in [2.45, 2.75) is 12.8 Å². The zero-order chi connectivity index (χ0) is 15.5. The fraction of sp³-hybridized carbons (Fsp3) is 0.357. The molecule has 1 aromatic carbocycles. The van der Waals surface area contributed by atoms with Gasteiger partial charge in [-0.1, -0.05) is 6.07 Å². The summed E-state index contributed by atoms with van der Waals surface area (Å²) in [5.41, 5.74) is 0.882. The van der Waals surface area contributed by atoms with Crippen LogP contribution in [0.25, 0.3) is 6.08 Å². The lowest BCUT2D eigenvalue weighted by Gasteiger charge is -2.12. The van der Waals surface area contributed by atoms with Gasteiger partial charge >= 0.3 is 5.97 Å². The molecule has 0 aliphatic heterocycles. The van der Waals surface area contributed by atoms with Crippen molar-refractivity contribution in [1.82, 2.24) is 0 Å². The molecule has 1 fully saturated rings. The first kappa shape index (κ1) is 15.4. The van der Waals surface area contributed by atoms with Crippen LogP contribution >= 0.6 is 0 Å². The molecule has 0 amide bonds. The number of nitrogens with one attached hydrogen (secondary N) is 1. The number of methoxy groups -OCH3 is 1. The number of rotatable bonds is 7. The Balaban J connectivity index is 2.22. The SMILES string of the molecule is COc1ccc(C=CC(=O)O)cc1NS(=O)(=O)CC1CC1. The van der Waals surface area contributed by atoms with E-state index in [0.717, 1.165) is 18.9 Å². The topological polar surface area (TPSA) is 92.7 Å². The average Bonchev–Trinajstić information content (AvgIpc) is 3.19. The zero-order valence-electron chi connectivity index (χ0n) is 11.6. The van der Waals surface area contributed by atoms with Crippen LogP contribution in [0.1, 0.15) is 18.4 Å². The Kier molecular flexibility index (Phi) is 4.52. The number of hydrogen-bond acceptors (Lipinski definition) is 4. The Bertz CT molecular complexity index is 662. The molecule has 2 N–H and O–H groups in total. The van der Waals surface area contributed by atoms with Crippen molar-refractivity contribution in [3.8, 4) is 5.75 Å². The van der Waals surface area contributed by atoms with Gasteiger partial charge in [-0.05, 0) is 42.5 Å². The number of anilines is 1.